The molecule has 0 fully saturated rings. The minimum atomic E-state index is -0.400. The van der Waals surface area contributed by atoms with E-state index < -0.39 is 5.82 Å². The van der Waals surface area contributed by atoms with Gasteiger partial charge in [0.05, 0.1) is 12.2 Å². The number of rotatable bonds is 3. The van der Waals surface area contributed by atoms with Gasteiger partial charge in [0, 0.05) is 6.42 Å². The summed E-state index contributed by atoms with van der Waals surface area (Å²) in [6.45, 7) is 2.28. The first-order valence-electron chi connectivity index (χ1n) is 7.17. The number of carbonyl (C=O) groups is 1. The first-order chi connectivity index (χ1) is 10.2. The Morgan fingerprint density at radius 3 is 2.90 bits per heavy atom. The van der Waals surface area contributed by atoms with Crippen LogP contribution in [0.3, 0.4) is 0 Å². The van der Waals surface area contributed by atoms with E-state index in [1.807, 2.05) is 24.3 Å². The molecule has 0 saturated carbocycles. The van der Waals surface area contributed by atoms with Gasteiger partial charge in [-0.25, -0.2) is 4.39 Å². The van der Waals surface area contributed by atoms with Gasteiger partial charge in [0.25, 0.3) is 0 Å². The Balaban J connectivity index is 1.85. The zero-order valence-electron chi connectivity index (χ0n) is 11.9. The van der Waals surface area contributed by atoms with Gasteiger partial charge in [0.15, 0.2) is 5.78 Å². The van der Waals surface area contributed by atoms with Gasteiger partial charge in [-0.3, -0.25) is 4.79 Å². The lowest BCUT2D eigenvalue weighted by Gasteiger charge is -2.25. The van der Waals surface area contributed by atoms with Gasteiger partial charge >= 0.3 is 0 Å². The molecule has 0 N–H and O–H groups in total. The lowest BCUT2D eigenvalue weighted by atomic mass is 9.87. The molecule has 0 aromatic heterocycles. The Labute approximate surface area is 123 Å². The standard InChI is InChI=1S/C18H17FO2/c1-12-5-4-7-15(18(12)19)16(20)11-13-9-10-21-17-8-3-2-6-14(13)17/h2-8,13H,9-11H2,1H3. The number of fused-ring (bicyclic) bond motifs is 1. The van der Waals surface area contributed by atoms with Crippen LogP contribution in [-0.2, 0) is 0 Å². The SMILES string of the molecule is Cc1cccc(C(=O)CC2CCOc3ccccc32)c1F. The maximum absolute atomic E-state index is 14.1. The Morgan fingerprint density at radius 1 is 1.24 bits per heavy atom. The van der Waals surface area contributed by atoms with Crippen LogP contribution in [0.2, 0.25) is 0 Å². The average Bonchev–Trinajstić information content (AvgIpc) is 2.50. The van der Waals surface area contributed by atoms with E-state index in [0.717, 1.165) is 17.7 Å². The zero-order valence-corrected chi connectivity index (χ0v) is 11.9. The summed E-state index contributed by atoms with van der Waals surface area (Å²) in [6, 6.07) is 12.7. The molecule has 21 heavy (non-hydrogen) atoms. The fraction of sp³-hybridized carbons (Fsp3) is 0.278. The molecular formula is C18H17FO2. The second-order valence-corrected chi connectivity index (χ2v) is 5.44. The smallest absolute Gasteiger partial charge is 0.166 e. The number of ether oxygens (including phenoxy) is 1. The molecular weight excluding hydrogens is 267 g/mol. The number of hydrogen-bond donors (Lipinski definition) is 0. The average molecular weight is 284 g/mol. The van der Waals surface area contributed by atoms with E-state index in [0.29, 0.717) is 18.6 Å². The van der Waals surface area contributed by atoms with E-state index in [1.54, 1.807) is 25.1 Å². The van der Waals surface area contributed by atoms with Gasteiger partial charge in [0.2, 0.25) is 0 Å². The molecule has 0 bridgehead atoms. The summed E-state index contributed by atoms with van der Waals surface area (Å²) in [5.41, 5.74) is 1.75. The summed E-state index contributed by atoms with van der Waals surface area (Å²) in [4.78, 5) is 12.4. The van der Waals surface area contributed by atoms with E-state index in [-0.39, 0.29) is 17.3 Å². The van der Waals surface area contributed by atoms with Crippen LogP contribution in [0.1, 0.15) is 40.2 Å². The number of para-hydroxylation sites is 1. The monoisotopic (exact) mass is 284 g/mol. The number of benzene rings is 2. The van der Waals surface area contributed by atoms with Crippen molar-refractivity contribution in [1.29, 1.82) is 0 Å². The normalized spacial score (nSPS) is 17.0. The Morgan fingerprint density at radius 2 is 2.05 bits per heavy atom. The Bertz CT molecular complexity index is 679. The highest BCUT2D eigenvalue weighted by molar-refractivity contribution is 5.97. The molecule has 3 heteroatoms. The van der Waals surface area contributed by atoms with Gasteiger partial charge in [-0.05, 0) is 42.5 Å². The van der Waals surface area contributed by atoms with Gasteiger partial charge < -0.3 is 4.74 Å². The largest absolute Gasteiger partial charge is 0.493 e. The molecule has 0 aliphatic carbocycles. The number of aryl methyl sites for hydroxylation is 1. The van der Waals surface area contributed by atoms with E-state index in [4.69, 9.17) is 4.74 Å². The molecule has 0 saturated heterocycles. The minimum Gasteiger partial charge on any atom is -0.493 e. The summed E-state index contributed by atoms with van der Waals surface area (Å²) >= 11 is 0. The van der Waals surface area contributed by atoms with Crippen molar-refractivity contribution in [2.24, 2.45) is 0 Å². The number of ketones is 1. The van der Waals surface area contributed by atoms with Crippen LogP contribution in [0.25, 0.3) is 0 Å². The highest BCUT2D eigenvalue weighted by atomic mass is 19.1. The lowest BCUT2D eigenvalue weighted by Crippen LogP contribution is -2.17. The van der Waals surface area contributed by atoms with Crippen LogP contribution in [0, 0.1) is 12.7 Å². The van der Waals surface area contributed by atoms with Crippen LogP contribution in [0.4, 0.5) is 4.39 Å². The van der Waals surface area contributed by atoms with Gasteiger partial charge in [-0.15, -0.1) is 0 Å². The first kappa shape index (κ1) is 13.8. The van der Waals surface area contributed by atoms with Gasteiger partial charge in [-0.1, -0.05) is 30.3 Å². The van der Waals surface area contributed by atoms with Crippen molar-refractivity contribution in [3.8, 4) is 5.75 Å². The summed E-state index contributed by atoms with van der Waals surface area (Å²) < 4.78 is 19.7. The molecule has 1 aliphatic rings. The fourth-order valence-electron chi connectivity index (χ4n) is 2.82. The van der Waals surface area contributed by atoms with E-state index in [9.17, 15) is 9.18 Å². The van der Waals surface area contributed by atoms with E-state index in [2.05, 4.69) is 0 Å². The van der Waals surface area contributed by atoms with Crippen LogP contribution in [-0.4, -0.2) is 12.4 Å². The minimum absolute atomic E-state index is 0.0994. The first-order valence-corrected chi connectivity index (χ1v) is 7.17. The van der Waals surface area contributed by atoms with Crippen molar-refractivity contribution >= 4 is 5.78 Å². The lowest BCUT2D eigenvalue weighted by molar-refractivity contribution is 0.0961. The van der Waals surface area contributed by atoms with Crippen molar-refractivity contribution in [3.63, 3.8) is 0 Å². The quantitative estimate of drug-likeness (QED) is 0.787. The number of Topliss-reactive ketones (excluding diaryl/α,β-unsaturated/α-hetero) is 1. The molecule has 0 spiro atoms. The van der Waals surface area contributed by atoms with Crippen LogP contribution in [0.5, 0.6) is 5.75 Å². The highest BCUT2D eigenvalue weighted by Gasteiger charge is 2.25. The molecule has 108 valence electrons. The molecule has 2 aromatic rings. The molecule has 2 nitrogen and oxygen atoms in total. The molecule has 1 aliphatic heterocycles. The van der Waals surface area contributed by atoms with Crippen LogP contribution in [0.15, 0.2) is 42.5 Å². The molecule has 1 unspecified atom stereocenters. The van der Waals surface area contributed by atoms with Gasteiger partial charge in [0.1, 0.15) is 11.6 Å². The summed E-state index contributed by atoms with van der Waals surface area (Å²) in [7, 11) is 0. The van der Waals surface area contributed by atoms with Crippen LogP contribution >= 0.6 is 0 Å². The van der Waals surface area contributed by atoms with Crippen molar-refractivity contribution in [1.82, 2.24) is 0 Å². The van der Waals surface area contributed by atoms with Crippen LogP contribution < -0.4 is 4.74 Å². The van der Waals surface area contributed by atoms with Crippen molar-refractivity contribution in [3.05, 3.63) is 65.0 Å². The third kappa shape index (κ3) is 2.68. The number of carbonyl (C=O) groups excluding carboxylic acids is 1. The van der Waals surface area contributed by atoms with Crippen molar-refractivity contribution in [2.45, 2.75) is 25.7 Å². The predicted octanol–water partition coefficient (Wildman–Crippen LogP) is 4.27. The van der Waals surface area contributed by atoms with E-state index >= 15 is 0 Å². The second kappa shape index (κ2) is 5.68. The molecule has 1 heterocycles. The third-order valence-electron chi connectivity index (χ3n) is 4.01. The molecule has 0 radical (unpaired) electrons. The maximum Gasteiger partial charge on any atom is 0.166 e. The van der Waals surface area contributed by atoms with Crippen molar-refractivity contribution in [2.75, 3.05) is 6.61 Å². The molecule has 3 rings (SSSR count). The summed E-state index contributed by atoms with van der Waals surface area (Å²) in [6.07, 6.45) is 1.11. The Kier molecular flexibility index (Phi) is 3.74. The summed E-state index contributed by atoms with van der Waals surface area (Å²) in [5.74, 6) is 0.398. The number of hydrogen-bond acceptors (Lipinski definition) is 2. The predicted molar refractivity (Wildman–Crippen MR) is 79.4 cm³/mol. The highest BCUT2D eigenvalue weighted by Crippen LogP contribution is 2.36. The molecule has 2 aromatic carbocycles. The molecule has 1 atom stereocenters. The third-order valence-corrected chi connectivity index (χ3v) is 4.01. The summed E-state index contributed by atoms with van der Waals surface area (Å²) in [5, 5.41) is 0. The topological polar surface area (TPSA) is 26.3 Å². The number of halogens is 1. The maximum atomic E-state index is 14.1. The van der Waals surface area contributed by atoms with Gasteiger partial charge in [-0.2, -0.15) is 0 Å². The zero-order chi connectivity index (χ0) is 14.8. The Hall–Kier alpha value is -2.16. The fourth-order valence-corrected chi connectivity index (χ4v) is 2.82. The van der Waals surface area contributed by atoms with Crippen molar-refractivity contribution < 1.29 is 13.9 Å². The van der Waals surface area contributed by atoms with E-state index in [1.165, 1.54) is 0 Å². The molecule has 0 amide bonds. The second-order valence-electron chi connectivity index (χ2n) is 5.44.